The molecule has 0 heterocycles. The molecule has 1 aromatic carbocycles. The van der Waals surface area contributed by atoms with Crippen LogP contribution in [0.3, 0.4) is 0 Å². The Kier molecular flexibility index (Phi) is 4.53. The molecule has 1 aliphatic rings. The highest BCUT2D eigenvalue weighted by Gasteiger charge is 2.29. The zero-order chi connectivity index (χ0) is 13.8. The number of nitrogen functional groups attached to an aromatic ring is 1. The molecule has 1 saturated carbocycles. The monoisotopic (exact) mass is 264 g/mol. The van der Waals surface area contributed by atoms with Crippen LogP contribution in [-0.4, -0.2) is 24.9 Å². The van der Waals surface area contributed by atoms with E-state index in [1.54, 1.807) is 0 Å². The molecule has 4 heteroatoms. The summed E-state index contributed by atoms with van der Waals surface area (Å²) in [6.45, 7) is 6.85. The number of hydrogen-bond acceptors (Lipinski definition) is 4. The van der Waals surface area contributed by atoms with Crippen molar-refractivity contribution in [3.63, 3.8) is 0 Å². The van der Waals surface area contributed by atoms with Gasteiger partial charge in [0.25, 0.3) is 0 Å². The second-order valence-corrected chi connectivity index (χ2v) is 5.35. The Morgan fingerprint density at radius 1 is 1.32 bits per heavy atom. The predicted molar refractivity (Wildman–Crippen MR) is 78.7 cm³/mol. The van der Waals surface area contributed by atoms with Crippen molar-refractivity contribution >= 4 is 11.4 Å². The molecule has 3 N–H and O–H groups in total. The number of benzene rings is 1. The van der Waals surface area contributed by atoms with E-state index in [2.05, 4.69) is 5.32 Å². The van der Waals surface area contributed by atoms with E-state index < -0.39 is 0 Å². The Labute approximate surface area is 115 Å². The topological polar surface area (TPSA) is 56.5 Å². The number of nitrogens with one attached hydrogen (secondary N) is 1. The molecule has 0 aromatic heterocycles. The van der Waals surface area contributed by atoms with E-state index in [0.29, 0.717) is 12.1 Å². The lowest BCUT2D eigenvalue weighted by Crippen LogP contribution is -2.40. The van der Waals surface area contributed by atoms with Crippen LogP contribution in [0, 0.1) is 0 Å². The predicted octanol–water partition coefficient (Wildman–Crippen LogP) is 3.04. The summed E-state index contributed by atoms with van der Waals surface area (Å²) in [7, 11) is 0. The average molecular weight is 264 g/mol. The molecule has 0 bridgehead atoms. The van der Waals surface area contributed by atoms with Gasteiger partial charge in [-0.05, 0) is 39.7 Å². The summed E-state index contributed by atoms with van der Waals surface area (Å²) in [5.41, 5.74) is 7.65. The van der Waals surface area contributed by atoms with E-state index >= 15 is 0 Å². The lowest BCUT2D eigenvalue weighted by atomic mass is 9.89. The Morgan fingerprint density at radius 3 is 2.68 bits per heavy atom. The van der Waals surface area contributed by atoms with Gasteiger partial charge in [0, 0.05) is 36.2 Å². The van der Waals surface area contributed by atoms with E-state index in [1.165, 1.54) is 0 Å². The van der Waals surface area contributed by atoms with Gasteiger partial charge < -0.3 is 20.5 Å². The molecular formula is C15H24N2O2. The molecule has 2 rings (SSSR count). The van der Waals surface area contributed by atoms with Crippen molar-refractivity contribution in [2.75, 3.05) is 17.7 Å². The van der Waals surface area contributed by atoms with Crippen LogP contribution >= 0.6 is 0 Å². The molecule has 0 aliphatic heterocycles. The summed E-state index contributed by atoms with van der Waals surface area (Å²) in [5.74, 6) is 0.818. The van der Waals surface area contributed by atoms with Gasteiger partial charge >= 0.3 is 0 Å². The molecule has 1 aromatic rings. The third-order valence-corrected chi connectivity index (χ3v) is 3.17. The van der Waals surface area contributed by atoms with Gasteiger partial charge in [0.2, 0.25) is 0 Å². The first-order chi connectivity index (χ1) is 9.06. The Bertz CT molecular complexity index is 415. The molecule has 0 spiro atoms. The minimum absolute atomic E-state index is 0.153. The Morgan fingerprint density at radius 2 is 2.05 bits per heavy atom. The van der Waals surface area contributed by atoms with Crippen LogP contribution in [0.15, 0.2) is 18.2 Å². The summed E-state index contributed by atoms with van der Waals surface area (Å²) in [4.78, 5) is 0. The fraction of sp³-hybridized carbons (Fsp3) is 0.600. The molecule has 1 fully saturated rings. The van der Waals surface area contributed by atoms with Crippen molar-refractivity contribution in [3.8, 4) is 5.75 Å². The van der Waals surface area contributed by atoms with Crippen molar-refractivity contribution in [2.45, 2.75) is 51.9 Å². The normalized spacial score (nSPS) is 22.1. The summed E-state index contributed by atoms with van der Waals surface area (Å²) in [6.07, 6.45) is 2.68. The first-order valence-corrected chi connectivity index (χ1v) is 7.02. The van der Waals surface area contributed by atoms with E-state index in [4.69, 9.17) is 15.2 Å². The number of rotatable bonds is 6. The van der Waals surface area contributed by atoms with E-state index in [0.717, 1.165) is 36.6 Å². The molecule has 0 unspecified atom stereocenters. The standard InChI is InChI=1S/C15H24N2O2/c1-4-18-14-7-13(8-14)17-12-5-11(16)6-15(9-12)19-10(2)3/h5-6,9-10,13-14,17H,4,7-8,16H2,1-3H3. The van der Waals surface area contributed by atoms with Crippen LogP contribution < -0.4 is 15.8 Å². The van der Waals surface area contributed by atoms with Crippen molar-refractivity contribution in [1.29, 1.82) is 0 Å². The maximum atomic E-state index is 5.90. The lowest BCUT2D eigenvalue weighted by Gasteiger charge is -2.36. The largest absolute Gasteiger partial charge is 0.491 e. The van der Waals surface area contributed by atoms with Crippen LogP contribution in [0.2, 0.25) is 0 Å². The van der Waals surface area contributed by atoms with Crippen molar-refractivity contribution in [1.82, 2.24) is 0 Å². The minimum Gasteiger partial charge on any atom is -0.491 e. The van der Waals surface area contributed by atoms with Crippen LogP contribution in [0.5, 0.6) is 5.75 Å². The van der Waals surface area contributed by atoms with Gasteiger partial charge in [0.05, 0.1) is 12.2 Å². The van der Waals surface area contributed by atoms with Crippen LogP contribution in [0.25, 0.3) is 0 Å². The Hall–Kier alpha value is -1.42. The second kappa shape index (κ2) is 6.15. The molecule has 4 nitrogen and oxygen atoms in total. The van der Waals surface area contributed by atoms with Crippen LogP contribution in [0.4, 0.5) is 11.4 Å². The highest BCUT2D eigenvalue weighted by Crippen LogP contribution is 2.29. The molecule has 0 saturated heterocycles. The first-order valence-electron chi connectivity index (χ1n) is 7.02. The van der Waals surface area contributed by atoms with Gasteiger partial charge in [0.15, 0.2) is 0 Å². The summed E-state index contributed by atoms with van der Waals surface area (Å²) >= 11 is 0. The van der Waals surface area contributed by atoms with Crippen molar-refractivity contribution in [3.05, 3.63) is 18.2 Å². The molecule has 19 heavy (non-hydrogen) atoms. The van der Waals surface area contributed by atoms with E-state index in [-0.39, 0.29) is 6.10 Å². The number of anilines is 2. The molecular weight excluding hydrogens is 240 g/mol. The maximum Gasteiger partial charge on any atom is 0.123 e. The first kappa shape index (κ1) is 14.0. The lowest BCUT2D eigenvalue weighted by molar-refractivity contribution is 0.00299. The average Bonchev–Trinajstić information content (AvgIpc) is 2.24. The van der Waals surface area contributed by atoms with Gasteiger partial charge in [-0.1, -0.05) is 0 Å². The smallest absolute Gasteiger partial charge is 0.123 e. The van der Waals surface area contributed by atoms with E-state index in [1.807, 2.05) is 39.0 Å². The van der Waals surface area contributed by atoms with Gasteiger partial charge in [-0.15, -0.1) is 0 Å². The number of ether oxygens (including phenoxy) is 2. The third-order valence-electron chi connectivity index (χ3n) is 3.17. The maximum absolute atomic E-state index is 5.90. The zero-order valence-electron chi connectivity index (χ0n) is 12.0. The molecule has 0 radical (unpaired) electrons. The highest BCUT2D eigenvalue weighted by molar-refractivity contribution is 5.59. The molecule has 0 amide bonds. The van der Waals surface area contributed by atoms with Crippen molar-refractivity contribution < 1.29 is 9.47 Å². The third kappa shape index (κ3) is 4.03. The summed E-state index contributed by atoms with van der Waals surface area (Å²) in [5, 5.41) is 3.48. The molecule has 106 valence electrons. The van der Waals surface area contributed by atoms with Gasteiger partial charge in [0.1, 0.15) is 5.75 Å². The number of nitrogens with two attached hydrogens (primary N) is 1. The zero-order valence-corrected chi connectivity index (χ0v) is 12.0. The second-order valence-electron chi connectivity index (χ2n) is 5.35. The molecule has 1 aliphatic carbocycles. The quantitative estimate of drug-likeness (QED) is 0.775. The van der Waals surface area contributed by atoms with Crippen molar-refractivity contribution in [2.24, 2.45) is 0 Å². The van der Waals surface area contributed by atoms with Crippen LogP contribution in [-0.2, 0) is 4.74 Å². The van der Waals surface area contributed by atoms with Gasteiger partial charge in [-0.3, -0.25) is 0 Å². The number of hydrogen-bond donors (Lipinski definition) is 2. The van der Waals surface area contributed by atoms with Gasteiger partial charge in [-0.2, -0.15) is 0 Å². The SMILES string of the molecule is CCOC1CC(Nc2cc(N)cc(OC(C)C)c2)C1. The minimum atomic E-state index is 0.153. The van der Waals surface area contributed by atoms with E-state index in [9.17, 15) is 0 Å². The fourth-order valence-corrected chi connectivity index (χ4v) is 2.34. The molecule has 0 atom stereocenters. The fourth-order valence-electron chi connectivity index (χ4n) is 2.34. The Balaban J connectivity index is 1.92. The van der Waals surface area contributed by atoms with Crippen LogP contribution in [0.1, 0.15) is 33.6 Å². The summed E-state index contributed by atoms with van der Waals surface area (Å²) in [6, 6.07) is 6.28. The summed E-state index contributed by atoms with van der Waals surface area (Å²) < 4.78 is 11.2. The highest BCUT2D eigenvalue weighted by atomic mass is 16.5. The van der Waals surface area contributed by atoms with Gasteiger partial charge in [-0.25, -0.2) is 0 Å².